The van der Waals surface area contributed by atoms with Crippen LogP contribution < -0.4 is 21.1 Å². The number of carbonyl (C=O) groups is 1. The van der Waals surface area contributed by atoms with Crippen LogP contribution in [0.4, 0.5) is 37.7 Å². The highest BCUT2D eigenvalue weighted by molar-refractivity contribution is 6.41. The molecule has 0 aromatic heterocycles. The van der Waals surface area contributed by atoms with Crippen LogP contribution in [0.1, 0.15) is 21.5 Å². The number of nitrogens with two attached hydrogens (primary N) is 1. The maximum absolute atomic E-state index is 13.9. The van der Waals surface area contributed by atoms with Gasteiger partial charge in [-0.15, -0.1) is 0 Å². The van der Waals surface area contributed by atoms with Gasteiger partial charge in [-0.1, -0.05) is 6.58 Å². The predicted octanol–water partition coefficient (Wildman–Crippen LogP) is 4.88. The van der Waals surface area contributed by atoms with Gasteiger partial charge >= 0.3 is 12.4 Å². The smallest absolute Gasteiger partial charge is 0.420 e. The third kappa shape index (κ3) is 7.32. The SMILES string of the molecule is C=C/N=C1/C=NC(N2CCOCC2)=N/C1=C(/N)Nc1cc(C(=O)Nc2ccc(OC)c(C(F)(F)F)c2)ccc1C(F)(F)F. The van der Waals surface area contributed by atoms with E-state index in [4.69, 9.17) is 15.2 Å². The molecule has 2 heterocycles. The molecule has 2 aliphatic heterocycles. The monoisotopic (exact) mass is 609 g/mol. The fourth-order valence-electron chi connectivity index (χ4n) is 4.12. The first-order valence-electron chi connectivity index (χ1n) is 12.5. The number of hydrogen-bond donors (Lipinski definition) is 3. The second-order valence-electron chi connectivity index (χ2n) is 8.98. The van der Waals surface area contributed by atoms with Gasteiger partial charge in [0.05, 0.1) is 43.4 Å². The highest BCUT2D eigenvalue weighted by Gasteiger charge is 2.36. The van der Waals surface area contributed by atoms with E-state index in [9.17, 15) is 31.1 Å². The van der Waals surface area contributed by atoms with Gasteiger partial charge in [-0.2, -0.15) is 26.3 Å². The largest absolute Gasteiger partial charge is 0.496 e. The van der Waals surface area contributed by atoms with E-state index in [0.717, 1.165) is 31.4 Å². The Kier molecular flexibility index (Phi) is 9.08. The lowest BCUT2D eigenvalue weighted by Gasteiger charge is -2.29. The zero-order chi connectivity index (χ0) is 31.4. The first kappa shape index (κ1) is 31.1. The molecule has 2 aliphatic rings. The molecule has 0 atom stereocenters. The van der Waals surface area contributed by atoms with Crippen molar-refractivity contribution in [1.82, 2.24) is 4.90 Å². The summed E-state index contributed by atoms with van der Waals surface area (Å²) < 4.78 is 92.0. The van der Waals surface area contributed by atoms with Gasteiger partial charge in [0.2, 0.25) is 5.96 Å². The van der Waals surface area contributed by atoms with Gasteiger partial charge in [0.1, 0.15) is 23.0 Å². The van der Waals surface area contributed by atoms with Crippen molar-refractivity contribution in [3.05, 3.63) is 77.4 Å². The van der Waals surface area contributed by atoms with Crippen LogP contribution in [0.3, 0.4) is 0 Å². The Morgan fingerprint density at radius 3 is 2.40 bits per heavy atom. The topological polar surface area (TPSA) is 126 Å². The number of amides is 1. The quantitative estimate of drug-likeness (QED) is 0.401. The molecule has 1 saturated heterocycles. The molecule has 2 aromatic rings. The molecule has 43 heavy (non-hydrogen) atoms. The molecule has 1 fully saturated rings. The lowest BCUT2D eigenvalue weighted by atomic mass is 10.1. The van der Waals surface area contributed by atoms with Crippen LogP contribution in [0.25, 0.3) is 0 Å². The third-order valence-corrected chi connectivity index (χ3v) is 6.16. The average Bonchev–Trinajstić information content (AvgIpc) is 2.96. The number of nitrogens with zero attached hydrogens (tertiary/aromatic N) is 4. The number of nitrogens with one attached hydrogen (secondary N) is 2. The van der Waals surface area contributed by atoms with Crippen molar-refractivity contribution in [2.75, 3.05) is 44.0 Å². The number of guanidine groups is 1. The molecule has 0 radical (unpaired) electrons. The summed E-state index contributed by atoms with van der Waals surface area (Å²) in [5.74, 6) is -1.55. The van der Waals surface area contributed by atoms with E-state index in [-0.39, 0.29) is 34.4 Å². The molecule has 2 aromatic carbocycles. The minimum absolute atomic E-state index is 0.0303. The number of alkyl halides is 6. The average molecular weight is 610 g/mol. The minimum atomic E-state index is -4.87. The van der Waals surface area contributed by atoms with Crippen LogP contribution in [0, 0.1) is 0 Å². The molecule has 228 valence electrons. The number of anilines is 2. The van der Waals surface area contributed by atoms with Crippen molar-refractivity contribution in [3.63, 3.8) is 0 Å². The molecule has 16 heteroatoms. The van der Waals surface area contributed by atoms with E-state index in [2.05, 4.69) is 32.2 Å². The summed E-state index contributed by atoms with van der Waals surface area (Å²) in [6, 6.07) is 5.21. The van der Waals surface area contributed by atoms with Gasteiger partial charge in [-0.05, 0) is 36.4 Å². The molecule has 1 amide bonds. The Morgan fingerprint density at radius 2 is 1.77 bits per heavy atom. The first-order chi connectivity index (χ1) is 20.3. The number of allylic oxidation sites excluding steroid dienone is 1. The fourth-order valence-corrected chi connectivity index (χ4v) is 4.12. The van der Waals surface area contributed by atoms with E-state index in [1.807, 2.05) is 0 Å². The standard InChI is InChI=1S/C27H25F6N7O3/c1-3-35-20-14-36-25(40-8-10-43-11-9-40)39-22(20)23(34)38-19-12-15(4-6-17(19)26(28,29)30)24(41)37-16-5-7-21(42-2)18(13-16)27(31,32)33/h3-7,12-14,38H,1,8-11,34H2,2H3,(H,37,41)/b23-22-,35-20-. The summed E-state index contributed by atoms with van der Waals surface area (Å²) in [4.78, 5) is 27.4. The zero-order valence-electron chi connectivity index (χ0n) is 22.5. The minimum Gasteiger partial charge on any atom is -0.496 e. The number of rotatable bonds is 6. The molecule has 0 aliphatic carbocycles. The van der Waals surface area contributed by atoms with Crippen molar-refractivity contribution in [1.29, 1.82) is 0 Å². The van der Waals surface area contributed by atoms with Gasteiger partial charge in [0, 0.05) is 30.5 Å². The van der Waals surface area contributed by atoms with Crippen LogP contribution in [-0.2, 0) is 17.1 Å². The Balaban J connectivity index is 1.69. The van der Waals surface area contributed by atoms with Crippen LogP contribution >= 0.6 is 0 Å². The van der Waals surface area contributed by atoms with Crippen molar-refractivity contribution in [3.8, 4) is 5.75 Å². The summed E-state index contributed by atoms with van der Waals surface area (Å²) in [7, 11) is 1.06. The second-order valence-corrected chi connectivity index (χ2v) is 8.98. The molecular weight excluding hydrogens is 584 g/mol. The first-order valence-corrected chi connectivity index (χ1v) is 12.5. The number of carbonyl (C=O) groups excluding carboxylic acids is 1. The molecular formula is C27H25F6N7O3. The maximum atomic E-state index is 13.9. The molecule has 4 N–H and O–H groups in total. The van der Waals surface area contributed by atoms with E-state index in [1.54, 1.807) is 4.90 Å². The lowest BCUT2D eigenvalue weighted by molar-refractivity contribution is -0.139. The number of aliphatic imine (C=N–C) groups is 3. The van der Waals surface area contributed by atoms with Crippen LogP contribution in [0.15, 0.2) is 75.7 Å². The van der Waals surface area contributed by atoms with Gasteiger partial charge < -0.3 is 30.7 Å². The molecule has 4 rings (SSSR count). The molecule has 0 saturated carbocycles. The third-order valence-electron chi connectivity index (χ3n) is 6.16. The van der Waals surface area contributed by atoms with Crippen LogP contribution in [-0.4, -0.2) is 62.1 Å². The van der Waals surface area contributed by atoms with Crippen molar-refractivity contribution < 1.29 is 40.6 Å². The Morgan fingerprint density at radius 1 is 1.07 bits per heavy atom. The Labute approximate surface area is 241 Å². The fraction of sp³-hybridized carbons (Fsp3) is 0.259. The highest BCUT2D eigenvalue weighted by Crippen LogP contribution is 2.38. The van der Waals surface area contributed by atoms with Gasteiger partial charge in [0.25, 0.3) is 5.91 Å². The number of ether oxygens (including phenoxy) is 2. The summed E-state index contributed by atoms with van der Waals surface area (Å²) >= 11 is 0. The van der Waals surface area contributed by atoms with Crippen LogP contribution in [0.5, 0.6) is 5.75 Å². The molecule has 0 bridgehead atoms. The van der Waals surface area contributed by atoms with Gasteiger partial charge in [-0.25, -0.2) is 9.98 Å². The normalized spacial score (nSPS) is 17.8. The molecule has 0 unspecified atom stereocenters. The summed E-state index contributed by atoms with van der Waals surface area (Å²) in [6.07, 6.45) is -7.14. The number of morpholine rings is 1. The van der Waals surface area contributed by atoms with Crippen LogP contribution in [0.2, 0.25) is 0 Å². The zero-order valence-corrected chi connectivity index (χ0v) is 22.5. The maximum Gasteiger partial charge on any atom is 0.420 e. The number of benzene rings is 2. The lowest BCUT2D eigenvalue weighted by Crippen LogP contribution is -2.41. The van der Waals surface area contributed by atoms with Gasteiger partial charge in [-0.3, -0.25) is 9.79 Å². The Hall–Kier alpha value is -4.86. The number of methoxy groups -OCH3 is 1. The summed E-state index contributed by atoms with van der Waals surface area (Å²) in [5, 5.41) is 4.73. The summed E-state index contributed by atoms with van der Waals surface area (Å²) in [5.41, 5.74) is 2.79. The molecule has 10 nitrogen and oxygen atoms in total. The van der Waals surface area contributed by atoms with Crippen molar-refractivity contribution in [2.24, 2.45) is 20.7 Å². The van der Waals surface area contributed by atoms with Gasteiger partial charge in [0.15, 0.2) is 0 Å². The van der Waals surface area contributed by atoms with E-state index < -0.39 is 40.8 Å². The van der Waals surface area contributed by atoms with Crippen molar-refractivity contribution in [2.45, 2.75) is 12.4 Å². The van der Waals surface area contributed by atoms with E-state index in [0.29, 0.717) is 38.4 Å². The summed E-state index contributed by atoms with van der Waals surface area (Å²) in [6.45, 7) is 5.30. The number of hydrogen-bond acceptors (Lipinski definition) is 9. The predicted molar refractivity (Wildman–Crippen MR) is 148 cm³/mol. The Bertz CT molecular complexity index is 1520. The van der Waals surface area contributed by atoms with E-state index >= 15 is 0 Å². The number of halogens is 6. The van der Waals surface area contributed by atoms with E-state index in [1.165, 1.54) is 12.4 Å². The van der Waals surface area contributed by atoms with Crippen molar-refractivity contribution >= 4 is 35.2 Å². The highest BCUT2D eigenvalue weighted by atomic mass is 19.4. The molecule has 0 spiro atoms. The second kappa shape index (κ2) is 12.6.